The summed E-state index contributed by atoms with van der Waals surface area (Å²) < 4.78 is 18.0. The van der Waals surface area contributed by atoms with E-state index in [1.54, 1.807) is 24.4 Å². The molecule has 6 rings (SSSR count). The third-order valence-corrected chi connectivity index (χ3v) is 9.73. The lowest BCUT2D eigenvalue weighted by Gasteiger charge is -2.28. The molecule has 1 N–H and O–H groups in total. The molecule has 258 valence electrons. The van der Waals surface area contributed by atoms with Crippen LogP contribution < -0.4 is 9.47 Å². The monoisotopic (exact) mass is 694 g/mol. The number of nitrogens with zero attached hydrogens (tertiary/aromatic N) is 4. The number of carboxylic acid groups (broad SMARTS) is 1. The fourth-order valence-corrected chi connectivity index (χ4v) is 6.87. The van der Waals surface area contributed by atoms with Crippen molar-refractivity contribution in [1.29, 1.82) is 5.26 Å². The maximum absolute atomic E-state index is 13.4. The molecule has 3 aromatic carbocycles. The van der Waals surface area contributed by atoms with Crippen molar-refractivity contribution in [2.75, 3.05) is 32.8 Å². The number of benzene rings is 3. The van der Waals surface area contributed by atoms with E-state index < -0.39 is 12.0 Å². The van der Waals surface area contributed by atoms with Crippen LogP contribution in [0.25, 0.3) is 11.1 Å². The summed E-state index contributed by atoms with van der Waals surface area (Å²) in [4.78, 5) is 33.2. The number of hydrogen-bond donors (Lipinski definition) is 1. The number of halogens is 1. The topological polar surface area (TPSA) is 125 Å². The number of rotatable bonds is 11. The maximum Gasteiger partial charge on any atom is 0.320 e. The minimum absolute atomic E-state index is 0.0122. The normalized spacial score (nSPS) is 16.2. The number of nitriles is 1. The molecule has 4 aromatic rings. The number of likely N-dealkylation sites (tertiary alicyclic amines) is 1. The lowest BCUT2D eigenvalue weighted by atomic mass is 9.91. The van der Waals surface area contributed by atoms with Gasteiger partial charge in [0.25, 0.3) is 5.91 Å². The van der Waals surface area contributed by atoms with Gasteiger partial charge in [0.2, 0.25) is 0 Å². The summed E-state index contributed by atoms with van der Waals surface area (Å²) in [5.41, 5.74) is 7.46. The minimum Gasteiger partial charge on any atom is -0.488 e. The van der Waals surface area contributed by atoms with Crippen molar-refractivity contribution >= 4 is 23.5 Å². The first kappa shape index (κ1) is 34.9. The number of ether oxygens (including phenoxy) is 3. The molecule has 0 aliphatic carbocycles. The van der Waals surface area contributed by atoms with Gasteiger partial charge in [0.05, 0.1) is 23.8 Å². The molecular formula is C39H39ClN4O6. The van der Waals surface area contributed by atoms with E-state index in [1.165, 1.54) is 6.20 Å². The first-order valence-electron chi connectivity index (χ1n) is 16.7. The molecule has 3 heterocycles. The molecule has 2 saturated heterocycles. The van der Waals surface area contributed by atoms with Gasteiger partial charge in [-0.2, -0.15) is 5.26 Å². The zero-order valence-electron chi connectivity index (χ0n) is 28.2. The molecule has 0 bridgehead atoms. The van der Waals surface area contributed by atoms with Crippen LogP contribution in [0.5, 0.6) is 11.5 Å². The molecule has 0 radical (unpaired) electrons. The number of carbonyl (C=O) groups excluding carboxylic acids is 1. The number of aliphatic carboxylic acids is 1. The smallest absolute Gasteiger partial charge is 0.320 e. The highest BCUT2D eigenvalue weighted by atomic mass is 35.5. The maximum atomic E-state index is 13.4. The van der Waals surface area contributed by atoms with Gasteiger partial charge in [-0.3, -0.25) is 19.5 Å². The van der Waals surface area contributed by atoms with Gasteiger partial charge in [0.1, 0.15) is 36.8 Å². The zero-order chi connectivity index (χ0) is 35.2. The van der Waals surface area contributed by atoms with E-state index in [1.807, 2.05) is 54.0 Å². The molecule has 0 saturated carbocycles. The van der Waals surface area contributed by atoms with E-state index in [0.29, 0.717) is 73.5 Å². The van der Waals surface area contributed by atoms with Crippen molar-refractivity contribution in [3.05, 3.63) is 111 Å². The molecule has 0 spiro atoms. The predicted molar refractivity (Wildman–Crippen MR) is 188 cm³/mol. The second-order valence-corrected chi connectivity index (χ2v) is 13.0. The van der Waals surface area contributed by atoms with E-state index in [4.69, 9.17) is 25.8 Å². The van der Waals surface area contributed by atoms with Gasteiger partial charge in [-0.25, -0.2) is 0 Å². The van der Waals surface area contributed by atoms with Crippen LogP contribution >= 0.6 is 11.6 Å². The molecule has 11 heteroatoms. The number of morpholine rings is 1. The van der Waals surface area contributed by atoms with Crippen LogP contribution in [0.1, 0.15) is 56.6 Å². The molecule has 1 atom stereocenters. The van der Waals surface area contributed by atoms with Gasteiger partial charge in [0, 0.05) is 54.8 Å². The molecule has 1 amide bonds. The summed E-state index contributed by atoms with van der Waals surface area (Å²) in [6.45, 7) is 7.65. The Morgan fingerprint density at radius 1 is 0.960 bits per heavy atom. The predicted octanol–water partition coefficient (Wildman–Crippen LogP) is 6.57. The SMILES string of the molecule is Cc1c(COc2cc(OCc3cncc(C#N)c3)c(CN3CCC[C@H]3C(=O)O)cc2Cl)cccc1-c1cccc(C(=O)N2CCOCC2)c1C. The van der Waals surface area contributed by atoms with Crippen LogP contribution in [0.3, 0.4) is 0 Å². The van der Waals surface area contributed by atoms with Crippen LogP contribution in [0, 0.1) is 25.2 Å². The summed E-state index contributed by atoms with van der Waals surface area (Å²) in [5.74, 6) is 0.0899. The molecule has 50 heavy (non-hydrogen) atoms. The average Bonchev–Trinajstić information content (AvgIpc) is 3.60. The Labute approximate surface area is 296 Å². The van der Waals surface area contributed by atoms with Gasteiger partial charge in [0.15, 0.2) is 0 Å². The van der Waals surface area contributed by atoms with E-state index in [2.05, 4.69) is 17.1 Å². The third kappa shape index (κ3) is 7.76. The first-order chi connectivity index (χ1) is 24.2. The fourth-order valence-electron chi connectivity index (χ4n) is 6.63. The van der Waals surface area contributed by atoms with Crippen molar-refractivity contribution in [3.8, 4) is 28.7 Å². The van der Waals surface area contributed by atoms with Crippen molar-refractivity contribution in [2.24, 2.45) is 0 Å². The Bertz CT molecular complexity index is 1940. The molecule has 2 aliphatic rings. The van der Waals surface area contributed by atoms with E-state index in [9.17, 15) is 20.0 Å². The van der Waals surface area contributed by atoms with Crippen molar-refractivity contribution in [3.63, 3.8) is 0 Å². The lowest BCUT2D eigenvalue weighted by molar-refractivity contribution is -0.142. The summed E-state index contributed by atoms with van der Waals surface area (Å²) in [6.07, 6.45) is 4.50. The standard InChI is InChI=1S/C39H39ClN4O6/c1-25-29(6-3-7-31(25)32-8-4-9-33(26(32)2)38(45)43-12-14-48-15-13-43)24-50-37-18-36(49-23-28-16-27(19-41)20-42-21-28)30(17-34(37)40)22-44-11-5-10-35(44)39(46)47/h3-4,6-9,16-18,20-21,35H,5,10-15,22-24H2,1-2H3,(H,46,47)/t35-/m0/s1. The molecule has 10 nitrogen and oxygen atoms in total. The van der Waals surface area contributed by atoms with E-state index in [0.717, 1.165) is 45.4 Å². The Kier molecular flexibility index (Phi) is 11.0. The van der Waals surface area contributed by atoms with Gasteiger partial charge in [-0.1, -0.05) is 41.9 Å². The van der Waals surface area contributed by atoms with Crippen LogP contribution in [0.4, 0.5) is 0 Å². The van der Waals surface area contributed by atoms with Gasteiger partial charge in [-0.05, 0) is 79.3 Å². The number of carbonyl (C=O) groups is 2. The Balaban J connectivity index is 1.25. The van der Waals surface area contributed by atoms with Gasteiger partial charge >= 0.3 is 5.97 Å². The number of aromatic nitrogens is 1. The fraction of sp³-hybridized carbons (Fsp3) is 0.333. The molecular weight excluding hydrogens is 656 g/mol. The van der Waals surface area contributed by atoms with E-state index >= 15 is 0 Å². The number of hydrogen-bond acceptors (Lipinski definition) is 8. The van der Waals surface area contributed by atoms with Crippen LogP contribution in [0.15, 0.2) is 67.0 Å². The highest BCUT2D eigenvalue weighted by Crippen LogP contribution is 2.37. The first-order valence-corrected chi connectivity index (χ1v) is 17.1. The lowest BCUT2D eigenvalue weighted by Crippen LogP contribution is -2.41. The van der Waals surface area contributed by atoms with E-state index in [-0.39, 0.29) is 19.1 Å². The Morgan fingerprint density at radius 2 is 1.70 bits per heavy atom. The Morgan fingerprint density at radius 3 is 2.46 bits per heavy atom. The van der Waals surface area contributed by atoms with Crippen LogP contribution in [-0.4, -0.2) is 70.7 Å². The zero-order valence-corrected chi connectivity index (χ0v) is 28.9. The van der Waals surface area contributed by atoms with Crippen LogP contribution in [-0.2, 0) is 29.3 Å². The minimum atomic E-state index is -0.848. The van der Waals surface area contributed by atoms with Crippen molar-refractivity contribution in [1.82, 2.24) is 14.8 Å². The molecule has 2 fully saturated rings. The number of pyridine rings is 1. The van der Waals surface area contributed by atoms with Crippen LogP contribution in [0.2, 0.25) is 5.02 Å². The second kappa shape index (κ2) is 15.7. The highest BCUT2D eigenvalue weighted by molar-refractivity contribution is 6.32. The number of carboxylic acids is 1. The largest absolute Gasteiger partial charge is 0.488 e. The second-order valence-electron chi connectivity index (χ2n) is 12.6. The average molecular weight is 695 g/mol. The summed E-state index contributed by atoms with van der Waals surface area (Å²) in [7, 11) is 0. The van der Waals surface area contributed by atoms with Gasteiger partial charge in [-0.15, -0.1) is 0 Å². The Hall–Kier alpha value is -4.95. The summed E-state index contributed by atoms with van der Waals surface area (Å²) >= 11 is 6.80. The summed E-state index contributed by atoms with van der Waals surface area (Å²) in [5, 5.41) is 19.4. The van der Waals surface area contributed by atoms with Gasteiger partial charge < -0.3 is 24.2 Å². The highest BCUT2D eigenvalue weighted by Gasteiger charge is 2.31. The summed E-state index contributed by atoms with van der Waals surface area (Å²) in [6, 6.07) is 18.6. The van der Waals surface area contributed by atoms with Crippen molar-refractivity contribution < 1.29 is 28.9 Å². The molecule has 0 unspecified atom stereocenters. The van der Waals surface area contributed by atoms with Crippen molar-refractivity contribution in [2.45, 2.75) is 52.5 Å². The third-order valence-electron chi connectivity index (χ3n) is 9.44. The number of amides is 1. The molecule has 1 aromatic heterocycles. The molecule has 2 aliphatic heterocycles. The quantitative estimate of drug-likeness (QED) is 0.186.